The van der Waals surface area contributed by atoms with Gasteiger partial charge in [-0.1, -0.05) is 35.3 Å². The molecule has 0 unspecified atom stereocenters. The quantitative estimate of drug-likeness (QED) is 0.870. The first kappa shape index (κ1) is 16.6. The Morgan fingerprint density at radius 1 is 1.23 bits per heavy atom. The number of benzene rings is 2. The van der Waals surface area contributed by atoms with E-state index in [2.05, 4.69) is 5.32 Å². The van der Waals surface area contributed by atoms with E-state index in [9.17, 15) is 4.79 Å². The Hall–Kier alpha value is -1.75. The van der Waals surface area contributed by atoms with Gasteiger partial charge in [-0.05, 0) is 42.3 Å². The van der Waals surface area contributed by atoms with Crippen molar-refractivity contribution in [2.24, 2.45) is 0 Å². The second kappa shape index (κ2) is 7.49. The molecule has 0 heterocycles. The topological polar surface area (TPSA) is 58.6 Å². The number of carbonyl (C=O) groups excluding carboxylic acids is 1. The Kier molecular flexibility index (Phi) is 5.66. The van der Waals surface area contributed by atoms with Gasteiger partial charge in [0.25, 0.3) is 5.91 Å². The Labute approximate surface area is 138 Å². The minimum atomic E-state index is -0.316. The van der Waals surface area contributed by atoms with Crippen LogP contribution in [0.3, 0.4) is 0 Å². The van der Waals surface area contributed by atoms with Crippen molar-refractivity contribution in [3.05, 3.63) is 57.6 Å². The molecule has 0 aliphatic heterocycles. The van der Waals surface area contributed by atoms with E-state index in [-0.39, 0.29) is 19.1 Å². The molecule has 0 saturated heterocycles. The second-order valence-corrected chi connectivity index (χ2v) is 5.56. The molecular weight excluding hydrogens is 325 g/mol. The number of anilines is 1. The third-order valence-corrected chi connectivity index (χ3v) is 3.54. The highest BCUT2D eigenvalue weighted by Crippen LogP contribution is 2.27. The van der Waals surface area contributed by atoms with E-state index in [0.717, 1.165) is 11.1 Å². The third-order valence-electron chi connectivity index (χ3n) is 3.01. The first-order valence-corrected chi connectivity index (χ1v) is 7.33. The van der Waals surface area contributed by atoms with Gasteiger partial charge in [0.05, 0.1) is 11.6 Å². The molecule has 6 heteroatoms. The minimum absolute atomic E-state index is 0.0833. The number of rotatable bonds is 5. The van der Waals surface area contributed by atoms with Crippen LogP contribution in [0.25, 0.3) is 0 Å². The second-order valence-electron chi connectivity index (χ2n) is 4.72. The molecule has 0 saturated carbocycles. The lowest BCUT2D eigenvalue weighted by Gasteiger charge is -2.11. The Balaban J connectivity index is 1.98. The Morgan fingerprint density at radius 3 is 2.68 bits per heavy atom. The maximum absolute atomic E-state index is 11.9. The summed E-state index contributed by atoms with van der Waals surface area (Å²) < 4.78 is 5.37. The van der Waals surface area contributed by atoms with Crippen molar-refractivity contribution < 1.29 is 14.6 Å². The molecule has 2 aromatic carbocycles. The lowest BCUT2D eigenvalue weighted by molar-refractivity contribution is -0.118. The summed E-state index contributed by atoms with van der Waals surface area (Å²) in [6.07, 6.45) is 0. The van der Waals surface area contributed by atoms with Gasteiger partial charge in [0.15, 0.2) is 6.61 Å². The number of hydrogen-bond donors (Lipinski definition) is 2. The predicted octanol–water partition coefficient (Wildman–Crippen LogP) is 3.81. The number of carbonyl (C=O) groups is 1. The fourth-order valence-electron chi connectivity index (χ4n) is 1.82. The molecule has 0 aliphatic rings. The fraction of sp³-hybridized carbons (Fsp3) is 0.188. The molecule has 1 amide bonds. The number of aliphatic hydroxyl groups is 1. The molecule has 0 aliphatic carbocycles. The number of nitrogens with one attached hydrogen (secondary N) is 1. The van der Waals surface area contributed by atoms with Crippen molar-refractivity contribution in [2.45, 2.75) is 13.5 Å². The van der Waals surface area contributed by atoms with E-state index in [1.165, 1.54) is 0 Å². The largest absolute Gasteiger partial charge is 0.482 e. The van der Waals surface area contributed by atoms with Crippen molar-refractivity contribution in [1.29, 1.82) is 0 Å². The molecule has 0 bridgehead atoms. The summed E-state index contributed by atoms with van der Waals surface area (Å²) in [5.74, 6) is 0.0752. The first-order chi connectivity index (χ1) is 10.5. The molecule has 2 aromatic rings. The molecule has 0 spiro atoms. The summed E-state index contributed by atoms with van der Waals surface area (Å²) in [7, 11) is 0. The van der Waals surface area contributed by atoms with Crippen molar-refractivity contribution in [2.75, 3.05) is 11.9 Å². The van der Waals surface area contributed by atoms with Gasteiger partial charge < -0.3 is 15.2 Å². The van der Waals surface area contributed by atoms with Crippen LogP contribution in [0.15, 0.2) is 36.4 Å². The molecule has 2 N–H and O–H groups in total. The molecule has 0 fully saturated rings. The van der Waals surface area contributed by atoms with Crippen LogP contribution in [0.5, 0.6) is 5.75 Å². The fourth-order valence-corrected chi connectivity index (χ4v) is 2.29. The van der Waals surface area contributed by atoms with Crippen molar-refractivity contribution in [3.8, 4) is 5.75 Å². The minimum Gasteiger partial charge on any atom is -0.482 e. The van der Waals surface area contributed by atoms with Gasteiger partial charge in [0, 0.05) is 10.7 Å². The van der Waals surface area contributed by atoms with Crippen LogP contribution >= 0.6 is 23.2 Å². The van der Waals surface area contributed by atoms with Crippen LogP contribution in [0.1, 0.15) is 11.1 Å². The van der Waals surface area contributed by atoms with Crippen LogP contribution in [0, 0.1) is 6.92 Å². The van der Waals surface area contributed by atoms with E-state index in [0.29, 0.717) is 21.5 Å². The molecule has 0 atom stereocenters. The number of amides is 1. The zero-order valence-electron chi connectivity index (χ0n) is 11.9. The smallest absolute Gasteiger partial charge is 0.262 e. The molecule has 4 nitrogen and oxygen atoms in total. The average Bonchev–Trinajstić information content (AvgIpc) is 2.48. The van der Waals surface area contributed by atoms with Crippen LogP contribution in [0.4, 0.5) is 5.69 Å². The monoisotopic (exact) mass is 339 g/mol. The van der Waals surface area contributed by atoms with E-state index in [1.807, 2.05) is 13.0 Å². The van der Waals surface area contributed by atoms with E-state index in [1.54, 1.807) is 30.3 Å². The molecule has 0 aromatic heterocycles. The van der Waals surface area contributed by atoms with Gasteiger partial charge in [0.2, 0.25) is 0 Å². The van der Waals surface area contributed by atoms with Gasteiger partial charge in [0.1, 0.15) is 5.75 Å². The highest BCUT2D eigenvalue weighted by atomic mass is 35.5. The van der Waals surface area contributed by atoms with E-state index < -0.39 is 0 Å². The third kappa shape index (κ3) is 4.37. The Bertz CT molecular complexity index is 689. The zero-order valence-corrected chi connectivity index (χ0v) is 13.4. The number of halogens is 2. The van der Waals surface area contributed by atoms with Crippen LogP contribution in [-0.2, 0) is 11.4 Å². The van der Waals surface area contributed by atoms with Crippen LogP contribution in [0.2, 0.25) is 10.0 Å². The summed E-state index contributed by atoms with van der Waals surface area (Å²) in [5.41, 5.74) is 2.26. The predicted molar refractivity (Wildman–Crippen MR) is 87.7 cm³/mol. The maximum Gasteiger partial charge on any atom is 0.262 e. The lowest BCUT2D eigenvalue weighted by Crippen LogP contribution is -2.20. The molecular formula is C16H15Cl2NO3. The van der Waals surface area contributed by atoms with Gasteiger partial charge in [-0.2, -0.15) is 0 Å². The lowest BCUT2D eigenvalue weighted by atomic mass is 10.1. The summed E-state index contributed by atoms with van der Waals surface area (Å²) in [5, 5.41) is 12.7. The summed E-state index contributed by atoms with van der Waals surface area (Å²) >= 11 is 11.8. The zero-order chi connectivity index (χ0) is 16.1. The van der Waals surface area contributed by atoms with Crippen molar-refractivity contribution in [3.63, 3.8) is 0 Å². The molecule has 0 radical (unpaired) electrons. The summed E-state index contributed by atoms with van der Waals surface area (Å²) in [6.45, 7) is 1.61. The van der Waals surface area contributed by atoms with Crippen LogP contribution < -0.4 is 10.1 Å². The molecule has 2 rings (SSSR count). The van der Waals surface area contributed by atoms with Crippen LogP contribution in [-0.4, -0.2) is 17.6 Å². The van der Waals surface area contributed by atoms with Gasteiger partial charge >= 0.3 is 0 Å². The van der Waals surface area contributed by atoms with Crippen molar-refractivity contribution in [1.82, 2.24) is 0 Å². The highest BCUT2D eigenvalue weighted by Gasteiger charge is 2.09. The van der Waals surface area contributed by atoms with Gasteiger partial charge in [-0.3, -0.25) is 4.79 Å². The molecule has 116 valence electrons. The summed E-state index contributed by atoms with van der Waals surface area (Å²) in [6, 6.07) is 10.1. The SMILES string of the molecule is Cc1ccc(CO)cc1NC(=O)COc1ccc(Cl)cc1Cl. The number of hydrogen-bond acceptors (Lipinski definition) is 3. The van der Waals surface area contributed by atoms with Crippen molar-refractivity contribution >= 4 is 34.8 Å². The maximum atomic E-state index is 11.9. The highest BCUT2D eigenvalue weighted by molar-refractivity contribution is 6.35. The number of aryl methyl sites for hydroxylation is 1. The van der Waals surface area contributed by atoms with Gasteiger partial charge in [-0.15, -0.1) is 0 Å². The van der Waals surface area contributed by atoms with E-state index in [4.69, 9.17) is 33.0 Å². The number of ether oxygens (including phenoxy) is 1. The first-order valence-electron chi connectivity index (χ1n) is 6.57. The number of aliphatic hydroxyl groups excluding tert-OH is 1. The average molecular weight is 340 g/mol. The molecule has 22 heavy (non-hydrogen) atoms. The van der Waals surface area contributed by atoms with Gasteiger partial charge in [-0.25, -0.2) is 0 Å². The Morgan fingerprint density at radius 2 is 2.00 bits per heavy atom. The summed E-state index contributed by atoms with van der Waals surface area (Å²) in [4.78, 5) is 11.9. The van der Waals surface area contributed by atoms with E-state index >= 15 is 0 Å². The normalized spacial score (nSPS) is 10.4. The standard InChI is InChI=1S/C16H15Cl2NO3/c1-10-2-3-11(8-20)6-14(10)19-16(21)9-22-15-5-4-12(17)7-13(15)18/h2-7,20H,8-9H2,1H3,(H,19,21).